The minimum absolute atomic E-state index is 0.182. The van der Waals surface area contributed by atoms with Crippen molar-refractivity contribution in [2.45, 2.75) is 43.8 Å². The van der Waals surface area contributed by atoms with Crippen LogP contribution >= 0.6 is 0 Å². The molecule has 5 heteroatoms. The molecule has 6 rings (SSSR count). The van der Waals surface area contributed by atoms with Crippen molar-refractivity contribution in [1.82, 2.24) is 10.3 Å². The SMILES string of the molecule is Oc1cccc2c1Oc1cc(-c3cccnc3)ccc1N2[C@H]1C[C@H]2CC[C@@H](C1)N2. The minimum atomic E-state index is 0.182. The van der Waals surface area contributed by atoms with Gasteiger partial charge in [0.2, 0.25) is 0 Å². The molecule has 1 aromatic heterocycles. The van der Waals surface area contributed by atoms with Crippen LogP contribution in [-0.2, 0) is 0 Å². The Labute approximate surface area is 170 Å². The summed E-state index contributed by atoms with van der Waals surface area (Å²) < 4.78 is 6.23. The number of nitrogens with zero attached hydrogens (tertiary/aromatic N) is 2. The number of rotatable bonds is 2. The molecule has 4 heterocycles. The highest BCUT2D eigenvalue weighted by molar-refractivity contribution is 5.83. The Morgan fingerprint density at radius 1 is 0.966 bits per heavy atom. The quantitative estimate of drug-likeness (QED) is 0.651. The third-order valence-corrected chi connectivity index (χ3v) is 6.47. The van der Waals surface area contributed by atoms with E-state index in [0.717, 1.165) is 41.1 Å². The third-order valence-electron chi connectivity index (χ3n) is 6.47. The molecule has 2 fully saturated rings. The molecule has 0 amide bonds. The van der Waals surface area contributed by atoms with Crippen LogP contribution in [0.2, 0.25) is 0 Å². The molecule has 3 atom stereocenters. The van der Waals surface area contributed by atoms with Crippen molar-refractivity contribution in [3.05, 3.63) is 60.9 Å². The fraction of sp³-hybridized carbons (Fsp3) is 0.292. The van der Waals surface area contributed by atoms with E-state index >= 15 is 0 Å². The summed E-state index contributed by atoms with van der Waals surface area (Å²) >= 11 is 0. The number of hydrogen-bond acceptors (Lipinski definition) is 5. The first-order chi connectivity index (χ1) is 14.3. The molecule has 2 bridgehead atoms. The van der Waals surface area contributed by atoms with Crippen molar-refractivity contribution < 1.29 is 9.84 Å². The van der Waals surface area contributed by atoms with E-state index in [1.54, 1.807) is 12.3 Å². The Hall–Kier alpha value is -3.05. The summed E-state index contributed by atoms with van der Waals surface area (Å²) in [4.78, 5) is 6.63. The number of anilines is 2. The highest BCUT2D eigenvalue weighted by Crippen LogP contribution is 2.53. The van der Waals surface area contributed by atoms with Gasteiger partial charge in [0.05, 0.1) is 11.4 Å². The Morgan fingerprint density at radius 3 is 2.62 bits per heavy atom. The molecule has 2 N–H and O–H groups in total. The van der Waals surface area contributed by atoms with Crippen molar-refractivity contribution in [2.75, 3.05) is 4.90 Å². The molecule has 2 saturated heterocycles. The molecule has 29 heavy (non-hydrogen) atoms. The van der Waals surface area contributed by atoms with E-state index in [-0.39, 0.29) is 5.75 Å². The highest BCUT2D eigenvalue weighted by Gasteiger charge is 2.39. The number of aromatic nitrogens is 1. The second-order valence-corrected chi connectivity index (χ2v) is 8.28. The Kier molecular flexibility index (Phi) is 3.78. The highest BCUT2D eigenvalue weighted by atomic mass is 16.5. The number of phenolic OH excluding ortho intramolecular Hbond substituents is 1. The van der Waals surface area contributed by atoms with E-state index in [1.807, 2.05) is 24.4 Å². The van der Waals surface area contributed by atoms with E-state index in [9.17, 15) is 5.11 Å². The van der Waals surface area contributed by atoms with Gasteiger partial charge in [-0.3, -0.25) is 4.98 Å². The zero-order valence-electron chi connectivity index (χ0n) is 16.1. The number of pyridine rings is 1. The fourth-order valence-corrected chi connectivity index (χ4v) is 5.19. The average molecular weight is 385 g/mol. The lowest BCUT2D eigenvalue weighted by Gasteiger charge is -2.42. The second kappa shape index (κ2) is 6.49. The third kappa shape index (κ3) is 2.76. The van der Waals surface area contributed by atoms with E-state index in [1.165, 1.54) is 12.8 Å². The number of para-hydroxylation sites is 1. The van der Waals surface area contributed by atoms with Gasteiger partial charge in [0.25, 0.3) is 0 Å². The van der Waals surface area contributed by atoms with Crippen molar-refractivity contribution in [3.8, 4) is 28.4 Å². The van der Waals surface area contributed by atoms with Gasteiger partial charge in [-0.15, -0.1) is 0 Å². The molecule has 0 unspecified atom stereocenters. The van der Waals surface area contributed by atoms with Crippen LogP contribution in [0.3, 0.4) is 0 Å². The normalized spacial score (nSPS) is 24.6. The fourth-order valence-electron chi connectivity index (χ4n) is 5.19. The minimum Gasteiger partial charge on any atom is -0.504 e. The van der Waals surface area contributed by atoms with Crippen molar-refractivity contribution >= 4 is 11.4 Å². The predicted octanol–water partition coefficient (Wildman–Crippen LogP) is 4.98. The maximum absolute atomic E-state index is 10.5. The molecular weight excluding hydrogens is 362 g/mol. The van der Waals surface area contributed by atoms with Gasteiger partial charge < -0.3 is 20.1 Å². The Morgan fingerprint density at radius 2 is 1.83 bits per heavy atom. The second-order valence-electron chi connectivity index (χ2n) is 8.28. The van der Waals surface area contributed by atoms with E-state index in [0.29, 0.717) is 23.9 Å². The van der Waals surface area contributed by atoms with Gasteiger partial charge in [0.15, 0.2) is 17.2 Å². The van der Waals surface area contributed by atoms with E-state index < -0.39 is 0 Å². The first-order valence-electron chi connectivity index (χ1n) is 10.4. The Balaban J connectivity index is 1.47. The van der Waals surface area contributed by atoms with Crippen LogP contribution in [0.1, 0.15) is 25.7 Å². The summed E-state index contributed by atoms with van der Waals surface area (Å²) in [5.74, 6) is 1.52. The molecule has 0 aliphatic carbocycles. The number of benzene rings is 2. The Bertz CT molecular complexity index is 1060. The standard InChI is InChI=1S/C24H23N3O2/c28-22-5-1-4-21-24(22)29-23-11-15(16-3-2-10-25-14-16)6-9-20(23)27(21)19-12-17-7-8-18(13-19)26-17/h1-6,9-11,14,17-19,26,28H,7-8,12-13H2/t17-,18+,19+. The van der Waals surface area contributed by atoms with Gasteiger partial charge in [-0.1, -0.05) is 18.2 Å². The van der Waals surface area contributed by atoms with Crippen molar-refractivity contribution in [2.24, 2.45) is 0 Å². The van der Waals surface area contributed by atoms with Gasteiger partial charge in [-0.25, -0.2) is 0 Å². The maximum atomic E-state index is 10.5. The summed E-state index contributed by atoms with van der Waals surface area (Å²) in [6, 6.07) is 17.5. The topological polar surface area (TPSA) is 57.6 Å². The lowest BCUT2D eigenvalue weighted by atomic mass is 9.95. The molecule has 3 aliphatic heterocycles. The van der Waals surface area contributed by atoms with E-state index in [2.05, 4.69) is 39.5 Å². The predicted molar refractivity (Wildman–Crippen MR) is 113 cm³/mol. The first-order valence-corrected chi connectivity index (χ1v) is 10.4. The molecule has 3 aromatic rings. The molecule has 3 aliphatic rings. The molecule has 0 radical (unpaired) electrons. The van der Waals surface area contributed by atoms with Crippen LogP contribution < -0.4 is 15.0 Å². The summed E-state index contributed by atoms with van der Waals surface area (Å²) in [6.45, 7) is 0. The van der Waals surface area contributed by atoms with Crippen LogP contribution in [0, 0.1) is 0 Å². The summed E-state index contributed by atoms with van der Waals surface area (Å²) in [6.07, 6.45) is 8.36. The van der Waals surface area contributed by atoms with Crippen LogP contribution in [-0.4, -0.2) is 28.2 Å². The molecule has 0 saturated carbocycles. The number of nitrogens with one attached hydrogen (secondary N) is 1. The average Bonchev–Trinajstić information content (AvgIpc) is 3.10. The lowest BCUT2D eigenvalue weighted by molar-refractivity contribution is 0.350. The van der Waals surface area contributed by atoms with Gasteiger partial charge in [0.1, 0.15) is 0 Å². The molecule has 0 spiro atoms. The number of piperidine rings is 1. The first kappa shape index (κ1) is 16.9. The molecule has 5 nitrogen and oxygen atoms in total. The number of hydrogen-bond donors (Lipinski definition) is 2. The molecule has 2 aromatic carbocycles. The maximum Gasteiger partial charge on any atom is 0.192 e. The number of fused-ring (bicyclic) bond motifs is 4. The van der Waals surface area contributed by atoms with Crippen LogP contribution in [0.25, 0.3) is 11.1 Å². The van der Waals surface area contributed by atoms with Gasteiger partial charge in [-0.2, -0.15) is 0 Å². The van der Waals surface area contributed by atoms with E-state index in [4.69, 9.17) is 4.74 Å². The van der Waals surface area contributed by atoms with Crippen molar-refractivity contribution in [3.63, 3.8) is 0 Å². The summed E-state index contributed by atoms with van der Waals surface area (Å²) in [7, 11) is 0. The van der Waals surface area contributed by atoms with Crippen molar-refractivity contribution in [1.29, 1.82) is 0 Å². The lowest BCUT2D eigenvalue weighted by Crippen LogP contribution is -2.47. The van der Waals surface area contributed by atoms with Crippen LogP contribution in [0.15, 0.2) is 60.9 Å². The monoisotopic (exact) mass is 385 g/mol. The zero-order chi connectivity index (χ0) is 19.4. The molecular formula is C24H23N3O2. The largest absolute Gasteiger partial charge is 0.504 e. The number of phenols is 1. The van der Waals surface area contributed by atoms with Crippen LogP contribution in [0.5, 0.6) is 17.2 Å². The number of ether oxygens (including phenoxy) is 1. The summed E-state index contributed by atoms with van der Waals surface area (Å²) in [5.41, 5.74) is 4.13. The molecule has 146 valence electrons. The zero-order valence-corrected chi connectivity index (χ0v) is 16.1. The van der Waals surface area contributed by atoms with Gasteiger partial charge >= 0.3 is 0 Å². The van der Waals surface area contributed by atoms with Crippen LogP contribution in [0.4, 0.5) is 11.4 Å². The number of aromatic hydroxyl groups is 1. The van der Waals surface area contributed by atoms with Gasteiger partial charge in [-0.05, 0) is 61.6 Å². The summed E-state index contributed by atoms with van der Waals surface area (Å²) in [5, 5.41) is 14.3. The smallest absolute Gasteiger partial charge is 0.192 e. The van der Waals surface area contributed by atoms with Gasteiger partial charge in [0, 0.05) is 36.1 Å².